The Labute approximate surface area is 250 Å². The Balaban J connectivity index is 1.86. The molecule has 0 radical (unpaired) electrons. The van der Waals surface area contributed by atoms with E-state index < -0.39 is 31.1 Å². The first-order chi connectivity index (χ1) is 20.0. The van der Waals surface area contributed by atoms with Gasteiger partial charge in [0.2, 0.25) is 11.8 Å². The van der Waals surface area contributed by atoms with E-state index >= 15 is 0 Å². The normalized spacial score (nSPS) is 13.3. The molecule has 3 atom stereocenters. The Kier molecular flexibility index (Phi) is 12.4. The molecular formula is C33H44BN3O5. The van der Waals surface area contributed by atoms with Gasteiger partial charge < -0.3 is 30.7 Å². The van der Waals surface area contributed by atoms with Crippen molar-refractivity contribution in [2.45, 2.75) is 65.0 Å². The minimum absolute atomic E-state index is 0.110. The van der Waals surface area contributed by atoms with Crippen LogP contribution in [0.4, 0.5) is 5.69 Å². The van der Waals surface area contributed by atoms with Crippen molar-refractivity contribution in [3.8, 4) is 16.9 Å². The number of hydrogen-bond donors (Lipinski definition) is 5. The molecule has 0 saturated carbocycles. The molecule has 0 fully saturated rings. The summed E-state index contributed by atoms with van der Waals surface area (Å²) in [6.07, 6.45) is 1.16. The first-order valence-electron chi connectivity index (χ1n) is 14.6. The second-order valence-electron chi connectivity index (χ2n) is 11.5. The van der Waals surface area contributed by atoms with E-state index in [1.54, 1.807) is 7.11 Å². The van der Waals surface area contributed by atoms with Crippen molar-refractivity contribution in [3.63, 3.8) is 0 Å². The first kappa shape index (κ1) is 32.7. The van der Waals surface area contributed by atoms with Gasteiger partial charge in [-0.05, 0) is 65.6 Å². The van der Waals surface area contributed by atoms with Gasteiger partial charge in [0.05, 0.1) is 13.1 Å². The molecule has 0 aliphatic rings. The second kappa shape index (κ2) is 16.0. The van der Waals surface area contributed by atoms with Crippen molar-refractivity contribution in [2.75, 3.05) is 12.4 Å². The monoisotopic (exact) mass is 573 g/mol. The van der Waals surface area contributed by atoms with Gasteiger partial charge in [-0.2, -0.15) is 0 Å². The van der Waals surface area contributed by atoms with E-state index in [0.717, 1.165) is 28.1 Å². The van der Waals surface area contributed by atoms with Crippen molar-refractivity contribution >= 4 is 24.6 Å². The van der Waals surface area contributed by atoms with Crippen molar-refractivity contribution in [1.82, 2.24) is 10.6 Å². The molecule has 5 N–H and O–H groups in total. The Morgan fingerprint density at radius 3 is 1.98 bits per heavy atom. The number of carbonyl (C=O) groups excluding carboxylic acids is 2. The zero-order chi connectivity index (χ0) is 30.6. The molecule has 8 nitrogen and oxygen atoms in total. The first-order valence-corrected chi connectivity index (χ1v) is 14.6. The largest absolute Gasteiger partial charge is 0.497 e. The van der Waals surface area contributed by atoms with Gasteiger partial charge in [0, 0.05) is 12.1 Å². The van der Waals surface area contributed by atoms with Crippen LogP contribution >= 0.6 is 0 Å². The smallest absolute Gasteiger partial charge is 0.475 e. The summed E-state index contributed by atoms with van der Waals surface area (Å²) >= 11 is 0. The van der Waals surface area contributed by atoms with Gasteiger partial charge >= 0.3 is 7.12 Å². The number of carbonyl (C=O) groups is 2. The number of amides is 2. The highest BCUT2D eigenvalue weighted by Gasteiger charge is 2.31. The van der Waals surface area contributed by atoms with Crippen molar-refractivity contribution in [2.24, 2.45) is 11.8 Å². The third-order valence-corrected chi connectivity index (χ3v) is 6.98. The van der Waals surface area contributed by atoms with E-state index in [1.807, 2.05) is 107 Å². The SMILES string of the molecule is COc1ccc(C[C@H](Nc2cccc(-c3ccccc3)c2)C(=O)N[C@@H](CC(C)C)C(=O)N[C@@H](CC(C)C)B(O)O)cc1. The average Bonchev–Trinajstić information content (AvgIpc) is 2.96. The average molecular weight is 574 g/mol. The summed E-state index contributed by atoms with van der Waals surface area (Å²) in [6, 6.07) is 23.9. The molecule has 0 bridgehead atoms. The van der Waals surface area contributed by atoms with Crippen LogP contribution in [0.5, 0.6) is 5.75 Å². The zero-order valence-electron chi connectivity index (χ0n) is 25.2. The molecule has 224 valence electrons. The Morgan fingerprint density at radius 1 is 0.762 bits per heavy atom. The molecular weight excluding hydrogens is 529 g/mol. The van der Waals surface area contributed by atoms with Gasteiger partial charge in [-0.3, -0.25) is 9.59 Å². The van der Waals surface area contributed by atoms with Crippen LogP contribution in [0.15, 0.2) is 78.9 Å². The number of anilines is 1. The van der Waals surface area contributed by atoms with Gasteiger partial charge in [-0.15, -0.1) is 0 Å². The van der Waals surface area contributed by atoms with Crippen LogP contribution in [0.2, 0.25) is 0 Å². The highest BCUT2D eigenvalue weighted by molar-refractivity contribution is 6.43. The van der Waals surface area contributed by atoms with Gasteiger partial charge in [-0.1, -0.05) is 82.3 Å². The summed E-state index contributed by atoms with van der Waals surface area (Å²) in [4.78, 5) is 27.2. The molecule has 0 aromatic heterocycles. The van der Waals surface area contributed by atoms with Crippen molar-refractivity contribution in [3.05, 3.63) is 84.4 Å². The van der Waals surface area contributed by atoms with Gasteiger partial charge in [-0.25, -0.2) is 0 Å². The van der Waals surface area contributed by atoms with Crippen LogP contribution in [0.1, 0.15) is 46.1 Å². The molecule has 0 spiro atoms. The molecule has 9 heteroatoms. The molecule has 0 unspecified atom stereocenters. The molecule has 3 rings (SSSR count). The number of hydrogen-bond acceptors (Lipinski definition) is 6. The molecule has 2 amide bonds. The maximum Gasteiger partial charge on any atom is 0.475 e. The number of benzene rings is 3. The summed E-state index contributed by atoms with van der Waals surface area (Å²) in [5.41, 5.74) is 3.77. The number of methoxy groups -OCH3 is 1. The Bertz CT molecular complexity index is 1270. The van der Waals surface area contributed by atoms with Gasteiger partial charge in [0.25, 0.3) is 0 Å². The fraction of sp³-hybridized carbons (Fsp3) is 0.394. The van der Waals surface area contributed by atoms with Crippen LogP contribution in [0.3, 0.4) is 0 Å². The number of nitrogens with one attached hydrogen (secondary N) is 3. The van der Waals surface area contributed by atoms with E-state index in [2.05, 4.69) is 16.0 Å². The Morgan fingerprint density at radius 2 is 1.38 bits per heavy atom. The second-order valence-corrected chi connectivity index (χ2v) is 11.5. The van der Waals surface area contributed by atoms with Crippen molar-refractivity contribution in [1.29, 1.82) is 0 Å². The van der Waals surface area contributed by atoms with E-state index in [-0.39, 0.29) is 17.7 Å². The number of rotatable bonds is 15. The van der Waals surface area contributed by atoms with E-state index in [4.69, 9.17) is 4.74 Å². The maximum atomic E-state index is 13.8. The highest BCUT2D eigenvalue weighted by Crippen LogP contribution is 2.24. The summed E-state index contributed by atoms with van der Waals surface area (Å²) in [7, 11) is -0.0957. The lowest BCUT2D eigenvalue weighted by molar-refractivity contribution is -0.130. The third-order valence-electron chi connectivity index (χ3n) is 6.98. The van der Waals surface area contributed by atoms with E-state index in [9.17, 15) is 19.6 Å². The van der Waals surface area contributed by atoms with Crippen LogP contribution in [0.25, 0.3) is 11.1 Å². The molecule has 0 aliphatic heterocycles. The van der Waals surface area contributed by atoms with Gasteiger partial charge in [0.15, 0.2) is 0 Å². The quantitative estimate of drug-likeness (QED) is 0.171. The summed E-state index contributed by atoms with van der Waals surface area (Å²) < 4.78 is 5.29. The predicted octanol–water partition coefficient (Wildman–Crippen LogP) is 4.46. The fourth-order valence-electron chi connectivity index (χ4n) is 4.85. The highest BCUT2D eigenvalue weighted by atomic mass is 16.5. The molecule has 0 heterocycles. The lowest BCUT2D eigenvalue weighted by Crippen LogP contribution is -2.56. The molecule has 3 aromatic rings. The Hall–Kier alpha value is -3.82. The molecule has 3 aromatic carbocycles. The van der Waals surface area contributed by atoms with Crippen molar-refractivity contribution < 1.29 is 24.4 Å². The minimum atomic E-state index is -1.70. The summed E-state index contributed by atoms with van der Waals surface area (Å²) in [5.74, 6) is -0.636. The number of ether oxygens (including phenoxy) is 1. The standard InChI is InChI=1S/C33H44BN3O5/c1-22(2)18-29(33(39)37-31(34(40)41)19-23(3)4)36-32(38)30(20-24-14-16-28(42-5)17-15-24)35-27-13-9-12-26(21-27)25-10-7-6-8-11-25/h6-17,21-23,29-31,35,40-41H,18-20H2,1-5H3,(H,36,38)(H,37,39)/t29-,30-,31-/m0/s1. The lowest BCUT2D eigenvalue weighted by atomic mass is 9.75. The van der Waals surface area contributed by atoms with Crippen LogP contribution in [-0.4, -0.2) is 54.1 Å². The lowest BCUT2D eigenvalue weighted by Gasteiger charge is -2.27. The third kappa shape index (κ3) is 10.2. The van der Waals surface area contributed by atoms with E-state index in [1.165, 1.54) is 0 Å². The minimum Gasteiger partial charge on any atom is -0.497 e. The molecule has 42 heavy (non-hydrogen) atoms. The van der Waals surface area contributed by atoms with Gasteiger partial charge in [0.1, 0.15) is 17.8 Å². The molecule has 0 saturated heterocycles. The fourth-order valence-corrected chi connectivity index (χ4v) is 4.85. The van der Waals surface area contributed by atoms with E-state index in [0.29, 0.717) is 19.3 Å². The topological polar surface area (TPSA) is 120 Å². The van der Waals surface area contributed by atoms with Crippen LogP contribution in [0, 0.1) is 11.8 Å². The maximum absolute atomic E-state index is 13.8. The predicted molar refractivity (Wildman–Crippen MR) is 169 cm³/mol. The summed E-state index contributed by atoms with van der Waals surface area (Å²) in [6.45, 7) is 7.83. The van der Waals surface area contributed by atoms with Crippen LogP contribution in [-0.2, 0) is 16.0 Å². The summed E-state index contributed by atoms with van der Waals surface area (Å²) in [5, 5.41) is 28.8. The van der Waals surface area contributed by atoms with Crippen LogP contribution < -0.4 is 20.7 Å². The zero-order valence-corrected chi connectivity index (χ0v) is 25.2. The molecule has 0 aliphatic carbocycles.